The first-order valence-electron chi connectivity index (χ1n) is 11.2. The van der Waals surface area contributed by atoms with Gasteiger partial charge in [0.25, 0.3) is 0 Å². The second-order valence-corrected chi connectivity index (χ2v) is 8.51. The minimum absolute atomic E-state index is 0.00687. The van der Waals surface area contributed by atoms with E-state index >= 15 is 0 Å². The van der Waals surface area contributed by atoms with E-state index in [0.29, 0.717) is 0 Å². The molecular weight excluding hydrogens is 434 g/mol. The lowest BCUT2D eigenvalue weighted by Crippen LogP contribution is -2.50. The molecule has 0 bridgehead atoms. The van der Waals surface area contributed by atoms with E-state index in [4.69, 9.17) is 19.3 Å². The Morgan fingerprint density at radius 2 is 1.59 bits per heavy atom. The van der Waals surface area contributed by atoms with Crippen LogP contribution in [0.3, 0.4) is 0 Å². The van der Waals surface area contributed by atoms with Gasteiger partial charge >= 0.3 is 12.1 Å². The highest BCUT2D eigenvalue weighted by Crippen LogP contribution is 2.44. The van der Waals surface area contributed by atoms with Crippen LogP contribution < -0.4 is 5.32 Å². The summed E-state index contributed by atoms with van der Waals surface area (Å²) in [6, 6.07) is 22.4. The Morgan fingerprint density at radius 1 is 0.971 bits per heavy atom. The number of carboxylic acid groups (broad SMARTS) is 1. The lowest BCUT2D eigenvalue weighted by molar-refractivity contribution is -0.223. The molecule has 0 radical (unpaired) electrons. The topological polar surface area (TPSA) is 94.1 Å². The summed E-state index contributed by atoms with van der Waals surface area (Å²) in [5.41, 5.74) is 5.59. The van der Waals surface area contributed by atoms with Crippen molar-refractivity contribution in [3.05, 3.63) is 95.1 Å². The number of fused-ring (bicyclic) bond motifs is 3. The predicted molar refractivity (Wildman–Crippen MR) is 125 cm³/mol. The number of carbonyl (C=O) groups excluding carboxylic acids is 1. The molecule has 3 aromatic carbocycles. The van der Waals surface area contributed by atoms with E-state index in [1.807, 2.05) is 31.2 Å². The number of benzene rings is 3. The molecule has 0 spiro atoms. The molecule has 2 N–H and O–H groups in total. The van der Waals surface area contributed by atoms with Crippen LogP contribution in [-0.2, 0) is 14.2 Å². The van der Waals surface area contributed by atoms with Gasteiger partial charge in [0, 0.05) is 11.5 Å². The lowest BCUT2D eigenvalue weighted by atomic mass is 9.98. The summed E-state index contributed by atoms with van der Waals surface area (Å²) in [6.45, 7) is 2.34. The van der Waals surface area contributed by atoms with Crippen molar-refractivity contribution in [1.29, 1.82) is 0 Å². The quantitative estimate of drug-likeness (QED) is 0.573. The zero-order chi connectivity index (χ0) is 23.7. The highest BCUT2D eigenvalue weighted by molar-refractivity contribution is 5.87. The Hall–Kier alpha value is -3.68. The number of carboxylic acids is 1. The van der Waals surface area contributed by atoms with Crippen LogP contribution in [0.25, 0.3) is 11.1 Å². The molecule has 5 rings (SSSR count). The molecule has 0 saturated carbocycles. The number of hydrogen-bond acceptors (Lipinski definition) is 5. The molecule has 1 aliphatic carbocycles. The summed E-state index contributed by atoms with van der Waals surface area (Å²) in [5, 5.41) is 11.9. The number of carbonyl (C=O) groups is 2. The second kappa shape index (κ2) is 9.29. The molecule has 7 heteroatoms. The highest BCUT2D eigenvalue weighted by Gasteiger charge is 2.33. The van der Waals surface area contributed by atoms with Gasteiger partial charge < -0.3 is 24.6 Å². The van der Waals surface area contributed by atoms with Crippen molar-refractivity contribution in [2.24, 2.45) is 0 Å². The fraction of sp³-hybridized carbons (Fsp3) is 0.259. The Balaban J connectivity index is 1.17. The molecule has 1 amide bonds. The van der Waals surface area contributed by atoms with Gasteiger partial charge in [-0.1, -0.05) is 60.7 Å². The van der Waals surface area contributed by atoms with Crippen molar-refractivity contribution in [1.82, 2.24) is 5.32 Å². The fourth-order valence-corrected chi connectivity index (χ4v) is 4.56. The smallest absolute Gasteiger partial charge is 0.407 e. The minimum Gasteiger partial charge on any atom is -0.478 e. The van der Waals surface area contributed by atoms with Gasteiger partial charge in [0.1, 0.15) is 6.61 Å². The van der Waals surface area contributed by atoms with Gasteiger partial charge in [0.15, 0.2) is 6.29 Å². The average molecular weight is 459 g/mol. The monoisotopic (exact) mass is 459 g/mol. The number of amides is 1. The van der Waals surface area contributed by atoms with Gasteiger partial charge in [-0.3, -0.25) is 0 Å². The standard InChI is InChI=1S/C27H25NO6/c1-16-24(15-32-26(34-16)18-12-10-17(11-13-18)25(29)30)28-27(31)33-14-23-21-8-4-2-6-19(21)20-7-3-5-9-22(20)23/h2-13,16,23-24,26H,14-15H2,1H3,(H,28,31)(H,29,30). The molecule has 1 heterocycles. The number of alkyl carbamates (subject to hydrolysis) is 1. The van der Waals surface area contributed by atoms with E-state index in [1.165, 1.54) is 23.3 Å². The summed E-state index contributed by atoms with van der Waals surface area (Å²) >= 11 is 0. The molecule has 1 saturated heterocycles. The summed E-state index contributed by atoms with van der Waals surface area (Å²) in [5.74, 6) is -0.995. The van der Waals surface area contributed by atoms with Crippen LogP contribution in [0.2, 0.25) is 0 Å². The Labute approximate surface area is 197 Å². The van der Waals surface area contributed by atoms with E-state index in [0.717, 1.165) is 16.7 Å². The SMILES string of the molecule is CC1OC(c2ccc(C(=O)O)cc2)OCC1NC(=O)OCC1c2ccccc2-c2ccccc21. The molecule has 34 heavy (non-hydrogen) atoms. The molecule has 3 unspecified atom stereocenters. The maximum Gasteiger partial charge on any atom is 0.407 e. The second-order valence-electron chi connectivity index (χ2n) is 8.51. The van der Waals surface area contributed by atoms with Crippen LogP contribution in [0.5, 0.6) is 0 Å². The first-order chi connectivity index (χ1) is 16.5. The molecule has 3 atom stereocenters. The van der Waals surface area contributed by atoms with Crippen molar-refractivity contribution in [3.63, 3.8) is 0 Å². The number of nitrogens with one attached hydrogen (secondary N) is 1. The summed E-state index contributed by atoms with van der Waals surface area (Å²) in [6.07, 6.45) is -1.47. The van der Waals surface area contributed by atoms with Crippen LogP contribution in [0.4, 0.5) is 4.79 Å². The summed E-state index contributed by atoms with van der Waals surface area (Å²) < 4.78 is 17.3. The number of aromatic carboxylic acids is 1. The summed E-state index contributed by atoms with van der Waals surface area (Å²) in [4.78, 5) is 23.6. The van der Waals surface area contributed by atoms with Crippen LogP contribution in [-0.4, -0.2) is 42.5 Å². The number of rotatable bonds is 5. The zero-order valence-corrected chi connectivity index (χ0v) is 18.6. The first kappa shape index (κ1) is 22.1. The normalized spacial score (nSPS) is 21.4. The van der Waals surface area contributed by atoms with Crippen molar-refractivity contribution in [3.8, 4) is 11.1 Å². The molecule has 1 fully saturated rings. The maximum atomic E-state index is 12.6. The minimum atomic E-state index is -0.988. The first-order valence-corrected chi connectivity index (χ1v) is 11.2. The van der Waals surface area contributed by atoms with E-state index in [1.54, 1.807) is 12.1 Å². The molecule has 2 aliphatic rings. The Kier molecular flexibility index (Phi) is 6.04. The van der Waals surface area contributed by atoms with Crippen LogP contribution in [0, 0.1) is 0 Å². The number of ether oxygens (including phenoxy) is 3. The molecule has 3 aromatic rings. The zero-order valence-electron chi connectivity index (χ0n) is 18.6. The molecule has 7 nitrogen and oxygen atoms in total. The molecule has 0 aromatic heterocycles. The van der Waals surface area contributed by atoms with Crippen molar-refractivity contribution >= 4 is 12.1 Å². The Bertz CT molecular complexity index is 1160. The summed E-state index contributed by atoms with van der Waals surface area (Å²) in [7, 11) is 0. The van der Waals surface area contributed by atoms with E-state index in [9.17, 15) is 9.59 Å². The maximum absolute atomic E-state index is 12.6. The van der Waals surface area contributed by atoms with Crippen LogP contribution >= 0.6 is 0 Å². The Morgan fingerprint density at radius 3 is 2.18 bits per heavy atom. The molecule has 174 valence electrons. The highest BCUT2D eigenvalue weighted by atomic mass is 16.7. The third kappa shape index (κ3) is 4.27. The largest absolute Gasteiger partial charge is 0.478 e. The predicted octanol–water partition coefficient (Wildman–Crippen LogP) is 4.73. The van der Waals surface area contributed by atoms with Gasteiger partial charge in [-0.2, -0.15) is 0 Å². The number of hydrogen-bond donors (Lipinski definition) is 2. The molecule has 1 aliphatic heterocycles. The molecular formula is C27H25NO6. The van der Waals surface area contributed by atoms with E-state index in [2.05, 4.69) is 29.6 Å². The fourth-order valence-electron chi connectivity index (χ4n) is 4.56. The van der Waals surface area contributed by atoms with Crippen molar-refractivity contribution in [2.75, 3.05) is 13.2 Å². The van der Waals surface area contributed by atoms with Gasteiger partial charge in [0.05, 0.1) is 24.3 Å². The van der Waals surface area contributed by atoms with Crippen molar-refractivity contribution < 1.29 is 28.9 Å². The van der Waals surface area contributed by atoms with Gasteiger partial charge in [0.2, 0.25) is 0 Å². The van der Waals surface area contributed by atoms with E-state index < -0.39 is 18.4 Å². The van der Waals surface area contributed by atoms with Crippen LogP contribution in [0.1, 0.15) is 46.2 Å². The lowest BCUT2D eigenvalue weighted by Gasteiger charge is -2.35. The van der Waals surface area contributed by atoms with Gasteiger partial charge in [-0.25, -0.2) is 9.59 Å². The van der Waals surface area contributed by atoms with Gasteiger partial charge in [-0.05, 0) is 41.3 Å². The average Bonchev–Trinajstić information content (AvgIpc) is 3.18. The third-order valence-electron chi connectivity index (χ3n) is 6.41. The third-order valence-corrected chi connectivity index (χ3v) is 6.41. The van der Waals surface area contributed by atoms with Gasteiger partial charge in [-0.15, -0.1) is 0 Å². The van der Waals surface area contributed by atoms with Crippen LogP contribution in [0.15, 0.2) is 72.8 Å². The van der Waals surface area contributed by atoms with E-state index in [-0.39, 0.29) is 36.8 Å². The van der Waals surface area contributed by atoms with Crippen molar-refractivity contribution in [2.45, 2.75) is 31.3 Å².